The number of rotatable bonds is 0. The number of nitrogens with zero attached hydrogens (tertiary/aromatic N) is 2. The van der Waals surface area contributed by atoms with Crippen LogP contribution < -0.4 is 46.4 Å². The largest absolute Gasteiger partial charge is 1.00 e. The topological polar surface area (TPSA) is 118 Å². The summed E-state index contributed by atoms with van der Waals surface area (Å²) in [6.07, 6.45) is 1.22. The molecule has 2 aromatic heterocycles. The van der Waals surface area contributed by atoms with Gasteiger partial charge in [0.05, 0.1) is 6.20 Å². The average Bonchev–Trinajstić information content (AvgIpc) is 2.12. The third-order valence-electron chi connectivity index (χ3n) is 1.51. The van der Waals surface area contributed by atoms with Gasteiger partial charge < -0.3 is 5.73 Å². The SMILES string of the molecule is Nc1cnc2c(=O)[nH][nH]c(=O)c2n1.[Na+]. The van der Waals surface area contributed by atoms with Crippen LogP contribution in [0.25, 0.3) is 11.0 Å². The number of nitrogens with two attached hydrogens (primary N) is 1. The van der Waals surface area contributed by atoms with E-state index in [0.29, 0.717) is 0 Å². The van der Waals surface area contributed by atoms with Gasteiger partial charge in [-0.15, -0.1) is 0 Å². The molecular formula is C6H5N5NaO2+. The minimum atomic E-state index is -0.519. The first kappa shape index (κ1) is 10.9. The van der Waals surface area contributed by atoms with Crippen molar-refractivity contribution in [3.8, 4) is 0 Å². The van der Waals surface area contributed by atoms with Crippen molar-refractivity contribution in [1.29, 1.82) is 0 Å². The van der Waals surface area contributed by atoms with Crippen molar-refractivity contribution in [1.82, 2.24) is 20.2 Å². The molecule has 0 aliphatic carbocycles. The van der Waals surface area contributed by atoms with Crippen LogP contribution in [-0.2, 0) is 0 Å². The van der Waals surface area contributed by atoms with Crippen molar-refractivity contribution in [2.45, 2.75) is 0 Å². The normalized spacial score (nSPS) is 9.71. The zero-order valence-electron chi connectivity index (χ0n) is 7.37. The van der Waals surface area contributed by atoms with E-state index in [1.807, 2.05) is 0 Å². The van der Waals surface area contributed by atoms with Crippen molar-refractivity contribution in [2.24, 2.45) is 0 Å². The van der Waals surface area contributed by atoms with Gasteiger partial charge in [0, 0.05) is 0 Å². The molecule has 0 atom stereocenters. The van der Waals surface area contributed by atoms with E-state index in [1.54, 1.807) is 0 Å². The Balaban J connectivity index is 0.000000980. The number of fused-ring (bicyclic) bond motifs is 1. The Hall–Kier alpha value is -1.18. The molecule has 2 heterocycles. The molecule has 2 aromatic rings. The Bertz CT molecular complexity index is 574. The van der Waals surface area contributed by atoms with Crippen molar-refractivity contribution in [3.63, 3.8) is 0 Å². The second-order valence-corrected chi connectivity index (χ2v) is 2.40. The molecule has 7 nitrogen and oxygen atoms in total. The zero-order valence-corrected chi connectivity index (χ0v) is 9.37. The molecule has 0 bridgehead atoms. The van der Waals surface area contributed by atoms with E-state index >= 15 is 0 Å². The predicted molar refractivity (Wildman–Crippen MR) is 45.2 cm³/mol. The molecule has 0 saturated carbocycles. The summed E-state index contributed by atoms with van der Waals surface area (Å²) < 4.78 is 0. The summed E-state index contributed by atoms with van der Waals surface area (Å²) in [4.78, 5) is 29.6. The van der Waals surface area contributed by atoms with Gasteiger partial charge in [0.2, 0.25) is 0 Å². The molecule has 14 heavy (non-hydrogen) atoms. The summed E-state index contributed by atoms with van der Waals surface area (Å²) in [7, 11) is 0. The minimum absolute atomic E-state index is 0. The minimum Gasteiger partial charge on any atom is -0.382 e. The van der Waals surface area contributed by atoms with Crippen LogP contribution in [0.5, 0.6) is 0 Å². The summed E-state index contributed by atoms with van der Waals surface area (Å²) in [6.45, 7) is 0. The number of hydrogen-bond donors (Lipinski definition) is 3. The van der Waals surface area contributed by atoms with Crippen molar-refractivity contribution < 1.29 is 29.6 Å². The zero-order chi connectivity index (χ0) is 9.42. The standard InChI is InChI=1S/C6H5N5O2.Na/c7-2-1-8-3-4(9-2)6(13)11-10-5(3)12;/h1H,(H2,7,9)(H,10,12)(H,11,13);/q;+1. The van der Waals surface area contributed by atoms with E-state index in [1.165, 1.54) is 6.20 Å². The molecule has 2 rings (SSSR count). The van der Waals surface area contributed by atoms with Crippen LogP contribution in [0.2, 0.25) is 0 Å². The molecule has 66 valence electrons. The fraction of sp³-hybridized carbons (Fsp3) is 0. The van der Waals surface area contributed by atoms with Gasteiger partial charge in [-0.3, -0.25) is 19.8 Å². The molecule has 4 N–H and O–H groups in total. The quantitative estimate of drug-likeness (QED) is 0.373. The van der Waals surface area contributed by atoms with Gasteiger partial charge in [0.1, 0.15) is 5.82 Å². The maximum Gasteiger partial charge on any atom is 1.00 e. The summed E-state index contributed by atoms with van der Waals surface area (Å²) in [5.41, 5.74) is 4.22. The Morgan fingerprint density at radius 2 is 1.71 bits per heavy atom. The van der Waals surface area contributed by atoms with Crippen LogP contribution in [0.4, 0.5) is 5.82 Å². The maximum absolute atomic E-state index is 11.1. The van der Waals surface area contributed by atoms with E-state index in [-0.39, 0.29) is 46.4 Å². The Morgan fingerprint density at radius 3 is 2.36 bits per heavy atom. The van der Waals surface area contributed by atoms with Gasteiger partial charge in [0.25, 0.3) is 11.1 Å². The number of nitrogens with one attached hydrogen (secondary N) is 2. The molecule has 0 aliphatic rings. The number of aromatic nitrogens is 4. The number of H-pyrrole nitrogens is 2. The van der Waals surface area contributed by atoms with Crippen molar-refractivity contribution >= 4 is 16.9 Å². The molecule has 0 saturated heterocycles. The number of aromatic amines is 2. The van der Waals surface area contributed by atoms with Gasteiger partial charge in [0.15, 0.2) is 11.0 Å². The molecule has 0 radical (unpaired) electrons. The van der Waals surface area contributed by atoms with Crippen LogP contribution in [-0.4, -0.2) is 20.2 Å². The number of nitrogen functional groups attached to an aromatic ring is 1. The summed E-state index contributed by atoms with van der Waals surface area (Å²) in [5.74, 6) is 0.101. The molecule has 0 unspecified atom stereocenters. The van der Waals surface area contributed by atoms with Crippen LogP contribution in [0.15, 0.2) is 15.8 Å². The first-order chi connectivity index (χ1) is 6.18. The van der Waals surface area contributed by atoms with Crippen molar-refractivity contribution in [2.75, 3.05) is 5.73 Å². The Labute approximate surface area is 99.0 Å². The fourth-order valence-corrected chi connectivity index (χ4v) is 0.959. The summed E-state index contributed by atoms with van der Waals surface area (Å²) >= 11 is 0. The van der Waals surface area contributed by atoms with E-state index < -0.39 is 11.1 Å². The third-order valence-corrected chi connectivity index (χ3v) is 1.51. The van der Waals surface area contributed by atoms with Gasteiger partial charge in [-0.1, -0.05) is 0 Å². The second kappa shape index (κ2) is 3.91. The monoisotopic (exact) mass is 202 g/mol. The second-order valence-electron chi connectivity index (χ2n) is 2.40. The van der Waals surface area contributed by atoms with Gasteiger partial charge >= 0.3 is 29.6 Å². The first-order valence-corrected chi connectivity index (χ1v) is 3.41. The smallest absolute Gasteiger partial charge is 0.382 e. The van der Waals surface area contributed by atoms with Crippen LogP contribution in [0.3, 0.4) is 0 Å². The van der Waals surface area contributed by atoms with E-state index in [9.17, 15) is 9.59 Å². The Morgan fingerprint density at radius 1 is 1.14 bits per heavy atom. The predicted octanol–water partition coefficient (Wildman–Crippen LogP) is -4.41. The van der Waals surface area contributed by atoms with Gasteiger partial charge in [-0.25, -0.2) is 9.97 Å². The molecular weight excluding hydrogens is 197 g/mol. The van der Waals surface area contributed by atoms with Crippen LogP contribution >= 0.6 is 0 Å². The van der Waals surface area contributed by atoms with Crippen LogP contribution in [0.1, 0.15) is 0 Å². The molecule has 0 amide bonds. The van der Waals surface area contributed by atoms with E-state index in [2.05, 4.69) is 20.2 Å². The average molecular weight is 202 g/mol. The fourth-order valence-electron chi connectivity index (χ4n) is 0.959. The number of anilines is 1. The van der Waals surface area contributed by atoms with Gasteiger partial charge in [-0.05, 0) is 0 Å². The summed E-state index contributed by atoms with van der Waals surface area (Å²) in [5, 5.41) is 4.24. The number of hydrogen-bond acceptors (Lipinski definition) is 5. The first-order valence-electron chi connectivity index (χ1n) is 3.41. The Kier molecular flexibility index (Phi) is 3.04. The van der Waals surface area contributed by atoms with Gasteiger partial charge in [-0.2, -0.15) is 0 Å². The molecule has 0 fully saturated rings. The third kappa shape index (κ3) is 1.69. The van der Waals surface area contributed by atoms with Crippen LogP contribution in [0, 0.1) is 0 Å². The molecule has 0 aliphatic heterocycles. The molecule has 8 heteroatoms. The maximum atomic E-state index is 11.1. The summed E-state index contributed by atoms with van der Waals surface area (Å²) in [6, 6.07) is 0. The van der Waals surface area contributed by atoms with E-state index in [4.69, 9.17) is 5.73 Å². The van der Waals surface area contributed by atoms with E-state index in [0.717, 1.165) is 0 Å². The van der Waals surface area contributed by atoms with Crippen molar-refractivity contribution in [3.05, 3.63) is 26.9 Å². The molecule has 0 spiro atoms. The molecule has 0 aromatic carbocycles.